The first-order valence-corrected chi connectivity index (χ1v) is 6.95. The fourth-order valence-corrected chi connectivity index (χ4v) is 2.39. The SMILES string of the molecule is N#Cc1c(-c2ccccn2)cc(-c2cccc(Cl)c2)nc1N. The lowest BCUT2D eigenvalue weighted by atomic mass is 10.0. The summed E-state index contributed by atoms with van der Waals surface area (Å²) in [5, 5.41) is 9.96. The van der Waals surface area contributed by atoms with E-state index < -0.39 is 0 Å². The lowest BCUT2D eigenvalue weighted by Crippen LogP contribution is -2.00. The number of aromatic nitrogens is 2. The molecule has 2 N–H and O–H groups in total. The van der Waals surface area contributed by atoms with Gasteiger partial charge in [-0.05, 0) is 30.3 Å². The van der Waals surface area contributed by atoms with E-state index in [1.807, 2.05) is 36.4 Å². The first-order chi connectivity index (χ1) is 10.7. The average molecular weight is 307 g/mol. The van der Waals surface area contributed by atoms with E-state index in [2.05, 4.69) is 16.0 Å². The third-order valence-corrected chi connectivity index (χ3v) is 3.46. The van der Waals surface area contributed by atoms with Gasteiger partial charge in [-0.1, -0.05) is 29.8 Å². The molecule has 0 saturated heterocycles. The Morgan fingerprint density at radius 2 is 1.91 bits per heavy atom. The zero-order chi connectivity index (χ0) is 15.5. The molecule has 0 fully saturated rings. The zero-order valence-electron chi connectivity index (χ0n) is 11.5. The van der Waals surface area contributed by atoms with Gasteiger partial charge in [0.2, 0.25) is 0 Å². The van der Waals surface area contributed by atoms with E-state index >= 15 is 0 Å². The highest BCUT2D eigenvalue weighted by atomic mass is 35.5. The second-order valence-corrected chi connectivity index (χ2v) is 5.09. The van der Waals surface area contributed by atoms with Crippen LogP contribution < -0.4 is 5.73 Å². The van der Waals surface area contributed by atoms with E-state index in [0.29, 0.717) is 27.5 Å². The Kier molecular flexibility index (Phi) is 3.73. The van der Waals surface area contributed by atoms with Gasteiger partial charge < -0.3 is 5.73 Å². The van der Waals surface area contributed by atoms with Crippen LogP contribution in [0.1, 0.15) is 5.56 Å². The molecule has 0 spiro atoms. The van der Waals surface area contributed by atoms with Gasteiger partial charge in [0.1, 0.15) is 17.5 Å². The van der Waals surface area contributed by atoms with Crippen LogP contribution >= 0.6 is 11.6 Å². The van der Waals surface area contributed by atoms with Crippen LogP contribution in [0.15, 0.2) is 54.7 Å². The number of hydrogen-bond donors (Lipinski definition) is 1. The topological polar surface area (TPSA) is 75.6 Å². The first-order valence-electron chi connectivity index (χ1n) is 6.57. The Morgan fingerprint density at radius 1 is 1.05 bits per heavy atom. The monoisotopic (exact) mass is 306 g/mol. The van der Waals surface area contributed by atoms with Crippen molar-refractivity contribution in [3.8, 4) is 28.6 Å². The summed E-state index contributed by atoms with van der Waals surface area (Å²) < 4.78 is 0. The number of rotatable bonds is 2. The van der Waals surface area contributed by atoms with Gasteiger partial charge in [-0.25, -0.2) is 4.98 Å². The van der Waals surface area contributed by atoms with Crippen molar-refractivity contribution >= 4 is 17.4 Å². The summed E-state index contributed by atoms with van der Waals surface area (Å²) in [5.41, 5.74) is 9.10. The molecule has 0 radical (unpaired) electrons. The lowest BCUT2D eigenvalue weighted by Gasteiger charge is -2.09. The number of nitrogens with two attached hydrogens (primary N) is 1. The Hall–Kier alpha value is -2.90. The number of pyridine rings is 2. The lowest BCUT2D eigenvalue weighted by molar-refractivity contribution is 1.27. The Balaban J connectivity index is 2.24. The smallest absolute Gasteiger partial charge is 0.142 e. The fourth-order valence-electron chi connectivity index (χ4n) is 2.20. The zero-order valence-corrected chi connectivity index (χ0v) is 12.2. The van der Waals surface area contributed by atoms with E-state index in [1.54, 1.807) is 18.3 Å². The minimum absolute atomic E-state index is 0.181. The van der Waals surface area contributed by atoms with Crippen molar-refractivity contribution in [2.45, 2.75) is 0 Å². The third kappa shape index (κ3) is 2.62. The summed E-state index contributed by atoms with van der Waals surface area (Å²) in [6.45, 7) is 0. The molecule has 0 saturated carbocycles. The maximum atomic E-state index is 9.35. The van der Waals surface area contributed by atoms with Gasteiger partial charge in [0, 0.05) is 22.3 Å². The second-order valence-electron chi connectivity index (χ2n) is 4.65. The molecule has 5 heteroatoms. The van der Waals surface area contributed by atoms with Crippen molar-refractivity contribution in [2.24, 2.45) is 0 Å². The van der Waals surface area contributed by atoms with E-state index in [9.17, 15) is 5.26 Å². The third-order valence-electron chi connectivity index (χ3n) is 3.22. The number of hydrogen-bond acceptors (Lipinski definition) is 4. The average Bonchev–Trinajstić information content (AvgIpc) is 2.55. The van der Waals surface area contributed by atoms with E-state index in [0.717, 1.165) is 5.56 Å². The molecule has 0 unspecified atom stereocenters. The van der Waals surface area contributed by atoms with Crippen LogP contribution in [0, 0.1) is 11.3 Å². The molecule has 3 rings (SSSR count). The minimum atomic E-state index is 0.181. The quantitative estimate of drug-likeness (QED) is 0.778. The van der Waals surface area contributed by atoms with Crippen LogP contribution in [0.25, 0.3) is 22.5 Å². The standard InChI is InChI=1S/C17H11ClN4/c18-12-5-3-4-11(8-12)16-9-13(14(10-19)17(20)22-16)15-6-1-2-7-21-15/h1-9H,(H2,20,22). The first kappa shape index (κ1) is 14.1. The maximum absolute atomic E-state index is 9.35. The van der Waals surface area contributed by atoms with Gasteiger partial charge >= 0.3 is 0 Å². The number of halogens is 1. The normalized spacial score (nSPS) is 10.2. The van der Waals surface area contributed by atoms with Crippen LogP contribution in [0.2, 0.25) is 5.02 Å². The number of nitrogens with zero attached hydrogens (tertiary/aromatic N) is 3. The molecule has 0 atom stereocenters. The van der Waals surface area contributed by atoms with Crippen LogP contribution in [-0.4, -0.2) is 9.97 Å². The molecule has 106 valence electrons. The second kappa shape index (κ2) is 5.84. The summed E-state index contributed by atoms with van der Waals surface area (Å²) in [6.07, 6.45) is 1.67. The van der Waals surface area contributed by atoms with Crippen molar-refractivity contribution in [1.29, 1.82) is 5.26 Å². The van der Waals surface area contributed by atoms with Gasteiger partial charge in [0.15, 0.2) is 0 Å². The Labute approximate surface area is 132 Å². The highest BCUT2D eigenvalue weighted by molar-refractivity contribution is 6.30. The molecule has 22 heavy (non-hydrogen) atoms. The van der Waals surface area contributed by atoms with Crippen molar-refractivity contribution < 1.29 is 0 Å². The maximum Gasteiger partial charge on any atom is 0.142 e. The fraction of sp³-hybridized carbons (Fsp3) is 0. The van der Waals surface area contributed by atoms with E-state index in [4.69, 9.17) is 17.3 Å². The molecular formula is C17H11ClN4. The minimum Gasteiger partial charge on any atom is -0.383 e. The largest absolute Gasteiger partial charge is 0.383 e. The number of nitriles is 1. The van der Waals surface area contributed by atoms with Gasteiger partial charge in [0.05, 0.1) is 11.4 Å². The summed E-state index contributed by atoms with van der Waals surface area (Å²) in [6, 6.07) is 16.7. The van der Waals surface area contributed by atoms with Gasteiger partial charge in [0.25, 0.3) is 0 Å². The highest BCUT2D eigenvalue weighted by Crippen LogP contribution is 2.30. The highest BCUT2D eigenvalue weighted by Gasteiger charge is 2.14. The molecule has 2 aromatic heterocycles. The molecule has 0 aliphatic carbocycles. The Morgan fingerprint density at radius 3 is 2.59 bits per heavy atom. The molecule has 3 aromatic rings. The van der Waals surface area contributed by atoms with E-state index in [-0.39, 0.29) is 5.82 Å². The number of nitrogen functional groups attached to an aromatic ring is 1. The Bertz CT molecular complexity index is 870. The van der Waals surface area contributed by atoms with Gasteiger partial charge in [-0.3, -0.25) is 4.98 Å². The number of anilines is 1. The van der Waals surface area contributed by atoms with Crippen molar-refractivity contribution in [3.05, 3.63) is 65.3 Å². The summed E-state index contributed by atoms with van der Waals surface area (Å²) >= 11 is 6.03. The molecule has 4 nitrogen and oxygen atoms in total. The molecule has 0 bridgehead atoms. The van der Waals surface area contributed by atoms with Crippen LogP contribution in [0.3, 0.4) is 0 Å². The van der Waals surface area contributed by atoms with E-state index in [1.165, 1.54) is 0 Å². The summed E-state index contributed by atoms with van der Waals surface area (Å²) in [5.74, 6) is 0.181. The molecule has 0 aliphatic heterocycles. The van der Waals surface area contributed by atoms with Crippen molar-refractivity contribution in [2.75, 3.05) is 5.73 Å². The van der Waals surface area contributed by atoms with Gasteiger partial charge in [-0.2, -0.15) is 5.26 Å². The summed E-state index contributed by atoms with van der Waals surface area (Å²) in [4.78, 5) is 8.60. The van der Waals surface area contributed by atoms with Crippen molar-refractivity contribution in [3.63, 3.8) is 0 Å². The van der Waals surface area contributed by atoms with Crippen LogP contribution in [0.4, 0.5) is 5.82 Å². The van der Waals surface area contributed by atoms with Crippen LogP contribution in [0.5, 0.6) is 0 Å². The predicted octanol–water partition coefficient (Wildman–Crippen LogP) is 3.92. The molecule has 0 aliphatic rings. The van der Waals surface area contributed by atoms with Gasteiger partial charge in [-0.15, -0.1) is 0 Å². The molecule has 1 aromatic carbocycles. The van der Waals surface area contributed by atoms with Crippen molar-refractivity contribution in [1.82, 2.24) is 9.97 Å². The number of benzene rings is 1. The van der Waals surface area contributed by atoms with Crippen LogP contribution in [-0.2, 0) is 0 Å². The molecular weight excluding hydrogens is 296 g/mol. The summed E-state index contributed by atoms with van der Waals surface area (Å²) in [7, 11) is 0. The molecule has 0 amide bonds. The molecule has 2 heterocycles. The predicted molar refractivity (Wildman–Crippen MR) is 87.0 cm³/mol.